The van der Waals surface area contributed by atoms with Gasteiger partial charge in [-0.05, 0) is 42.3 Å². The molecule has 2 nitrogen and oxygen atoms in total. The molecule has 2 aromatic carbocycles. The second-order valence-corrected chi connectivity index (χ2v) is 6.65. The summed E-state index contributed by atoms with van der Waals surface area (Å²) in [6.07, 6.45) is 1.97. The van der Waals surface area contributed by atoms with Crippen LogP contribution in [-0.2, 0) is 0 Å². The maximum atomic E-state index is 13.0. The Morgan fingerprint density at radius 3 is 2.64 bits per heavy atom. The van der Waals surface area contributed by atoms with Crippen LogP contribution in [0.15, 0.2) is 71.8 Å². The molecule has 2 heterocycles. The van der Waals surface area contributed by atoms with Gasteiger partial charge < -0.3 is 4.57 Å². The van der Waals surface area contributed by atoms with E-state index in [-0.39, 0.29) is 11.0 Å². The predicted octanol–water partition coefficient (Wildman–Crippen LogP) is 4.82. The fourth-order valence-corrected chi connectivity index (χ4v) is 4.18. The van der Waals surface area contributed by atoms with Crippen molar-refractivity contribution in [2.24, 2.45) is 0 Å². The first-order valence-corrected chi connectivity index (χ1v) is 8.16. The molecular formula is C19H15NOS. The number of carbonyl (C=O) groups excluding carboxylic acids is 1. The Labute approximate surface area is 133 Å². The second-order valence-electron chi connectivity index (χ2n) is 5.51. The minimum Gasteiger partial charge on any atom is -0.313 e. The molecule has 4 rings (SSSR count). The zero-order valence-corrected chi connectivity index (χ0v) is 13.0. The molecular weight excluding hydrogens is 290 g/mol. The Bertz CT molecular complexity index is 851. The fraction of sp³-hybridized carbons (Fsp3) is 0.105. The third kappa shape index (κ3) is 2.09. The fourth-order valence-electron chi connectivity index (χ4n) is 2.87. The summed E-state index contributed by atoms with van der Waals surface area (Å²) in [4.78, 5) is 14.2. The van der Waals surface area contributed by atoms with Crippen molar-refractivity contribution in [3.8, 4) is 5.69 Å². The van der Waals surface area contributed by atoms with Crippen LogP contribution < -0.4 is 0 Å². The van der Waals surface area contributed by atoms with Crippen molar-refractivity contribution in [3.63, 3.8) is 0 Å². The Hall–Kier alpha value is -2.26. The van der Waals surface area contributed by atoms with Crippen LogP contribution in [0.25, 0.3) is 5.69 Å². The van der Waals surface area contributed by atoms with Crippen LogP contribution in [0.1, 0.15) is 26.9 Å². The molecule has 0 fully saturated rings. The van der Waals surface area contributed by atoms with Crippen molar-refractivity contribution in [2.45, 2.75) is 17.1 Å². The van der Waals surface area contributed by atoms with E-state index < -0.39 is 0 Å². The number of Topliss-reactive ketones (excluding diaryl/α,β-unsaturated/α-hetero) is 1. The number of nitrogens with zero attached hydrogens (tertiary/aromatic N) is 1. The van der Waals surface area contributed by atoms with Gasteiger partial charge in [0.05, 0.1) is 16.6 Å². The van der Waals surface area contributed by atoms with E-state index in [1.54, 1.807) is 11.8 Å². The Morgan fingerprint density at radius 2 is 1.82 bits per heavy atom. The van der Waals surface area contributed by atoms with Crippen molar-refractivity contribution in [2.75, 3.05) is 0 Å². The van der Waals surface area contributed by atoms with Gasteiger partial charge in [0.25, 0.3) is 0 Å². The van der Waals surface area contributed by atoms with Gasteiger partial charge in [-0.1, -0.05) is 36.4 Å². The molecule has 0 aliphatic carbocycles. The number of ketones is 1. The molecule has 0 saturated carbocycles. The van der Waals surface area contributed by atoms with Gasteiger partial charge in [-0.2, -0.15) is 0 Å². The third-order valence-corrected chi connectivity index (χ3v) is 5.26. The van der Waals surface area contributed by atoms with Crippen LogP contribution in [-0.4, -0.2) is 10.4 Å². The third-order valence-electron chi connectivity index (χ3n) is 3.96. The first kappa shape index (κ1) is 13.4. The summed E-state index contributed by atoms with van der Waals surface area (Å²) < 4.78 is 2.01. The summed E-state index contributed by atoms with van der Waals surface area (Å²) in [6.45, 7) is 2.08. The van der Waals surface area contributed by atoms with E-state index in [2.05, 4.69) is 25.1 Å². The van der Waals surface area contributed by atoms with Gasteiger partial charge in [0.1, 0.15) is 0 Å². The summed E-state index contributed by atoms with van der Waals surface area (Å²) in [6, 6.07) is 20.2. The normalized spacial score (nSPS) is 16.8. The summed E-state index contributed by atoms with van der Waals surface area (Å²) >= 11 is 1.64. The largest absolute Gasteiger partial charge is 0.313 e. The molecule has 0 spiro atoms. The monoisotopic (exact) mass is 305 g/mol. The first-order valence-electron chi connectivity index (χ1n) is 7.28. The van der Waals surface area contributed by atoms with E-state index in [1.807, 2.05) is 53.2 Å². The van der Waals surface area contributed by atoms with Crippen LogP contribution in [0.3, 0.4) is 0 Å². The summed E-state index contributed by atoms with van der Waals surface area (Å²) in [5, 5.41) is -0.196. The van der Waals surface area contributed by atoms with Gasteiger partial charge in [0.2, 0.25) is 0 Å². The van der Waals surface area contributed by atoms with Crippen LogP contribution in [0.2, 0.25) is 0 Å². The van der Waals surface area contributed by atoms with E-state index >= 15 is 0 Å². The van der Waals surface area contributed by atoms with Gasteiger partial charge >= 0.3 is 0 Å². The molecule has 1 atom stereocenters. The van der Waals surface area contributed by atoms with E-state index in [1.165, 1.54) is 5.56 Å². The lowest BCUT2D eigenvalue weighted by molar-refractivity contribution is 0.0984. The van der Waals surface area contributed by atoms with Crippen LogP contribution >= 0.6 is 11.8 Å². The highest BCUT2D eigenvalue weighted by atomic mass is 32.2. The molecule has 22 heavy (non-hydrogen) atoms. The number of rotatable bonds is 1. The SMILES string of the molecule is Cc1ccc2c(c1)S[C@@H](c1ccccc1)C(=O)c1cccn1-2. The predicted molar refractivity (Wildman–Crippen MR) is 89.9 cm³/mol. The molecule has 0 amide bonds. The van der Waals surface area contributed by atoms with Crippen molar-refractivity contribution in [1.82, 2.24) is 4.57 Å². The first-order chi connectivity index (χ1) is 10.7. The van der Waals surface area contributed by atoms with Gasteiger partial charge in [-0.3, -0.25) is 4.79 Å². The molecule has 1 aliphatic rings. The Morgan fingerprint density at radius 1 is 1.00 bits per heavy atom. The summed E-state index contributed by atoms with van der Waals surface area (Å²) in [7, 11) is 0. The van der Waals surface area contributed by atoms with Crippen molar-refractivity contribution < 1.29 is 4.79 Å². The quantitative estimate of drug-likeness (QED) is 0.643. The smallest absolute Gasteiger partial charge is 0.197 e. The van der Waals surface area contributed by atoms with Crippen molar-refractivity contribution in [1.29, 1.82) is 0 Å². The molecule has 3 aromatic rings. The molecule has 0 saturated heterocycles. The van der Waals surface area contributed by atoms with Crippen LogP contribution in [0.5, 0.6) is 0 Å². The minimum absolute atomic E-state index is 0.162. The highest BCUT2D eigenvalue weighted by Crippen LogP contribution is 2.43. The number of thioether (sulfide) groups is 1. The van der Waals surface area contributed by atoms with Crippen molar-refractivity contribution in [3.05, 3.63) is 83.7 Å². The maximum absolute atomic E-state index is 13.0. The lowest BCUT2D eigenvalue weighted by Gasteiger charge is -2.13. The lowest BCUT2D eigenvalue weighted by Crippen LogP contribution is -2.11. The molecule has 3 heteroatoms. The number of carbonyl (C=O) groups is 1. The second kappa shape index (κ2) is 5.18. The molecule has 0 bridgehead atoms. The number of benzene rings is 2. The highest BCUT2D eigenvalue weighted by molar-refractivity contribution is 8.00. The number of aromatic nitrogens is 1. The molecule has 0 radical (unpaired) electrons. The molecule has 108 valence electrons. The summed E-state index contributed by atoms with van der Waals surface area (Å²) in [5.41, 5.74) is 4.10. The van der Waals surface area contributed by atoms with E-state index in [4.69, 9.17) is 0 Å². The average Bonchev–Trinajstić information content (AvgIpc) is 2.98. The summed E-state index contributed by atoms with van der Waals surface area (Å²) in [5.74, 6) is 0.162. The topological polar surface area (TPSA) is 22.0 Å². The van der Waals surface area contributed by atoms with Gasteiger partial charge in [-0.15, -0.1) is 11.8 Å². The average molecular weight is 305 g/mol. The minimum atomic E-state index is -0.196. The maximum Gasteiger partial charge on any atom is 0.197 e. The number of hydrogen-bond donors (Lipinski definition) is 0. The number of hydrogen-bond acceptors (Lipinski definition) is 2. The van der Waals surface area contributed by atoms with E-state index in [9.17, 15) is 4.79 Å². The van der Waals surface area contributed by atoms with Gasteiger partial charge in [0.15, 0.2) is 5.78 Å². The zero-order valence-electron chi connectivity index (χ0n) is 12.2. The molecule has 1 aliphatic heterocycles. The highest BCUT2D eigenvalue weighted by Gasteiger charge is 2.30. The standard InChI is InChI=1S/C19H15NOS/c1-13-9-10-15-17(12-13)22-19(14-6-3-2-4-7-14)18(21)16-8-5-11-20(15)16/h2-12,19H,1H3/t19-/m0/s1. The molecule has 0 unspecified atom stereocenters. The molecule has 1 aromatic heterocycles. The molecule has 0 N–H and O–H groups in total. The van der Waals surface area contributed by atoms with Gasteiger partial charge in [0, 0.05) is 11.1 Å². The van der Waals surface area contributed by atoms with Crippen LogP contribution in [0, 0.1) is 6.92 Å². The lowest BCUT2D eigenvalue weighted by atomic mass is 10.1. The van der Waals surface area contributed by atoms with Gasteiger partial charge in [-0.25, -0.2) is 0 Å². The number of aryl methyl sites for hydroxylation is 1. The zero-order chi connectivity index (χ0) is 15.1. The van der Waals surface area contributed by atoms with Crippen molar-refractivity contribution >= 4 is 17.5 Å². The number of fused-ring (bicyclic) bond motifs is 3. The van der Waals surface area contributed by atoms with E-state index in [0.717, 1.165) is 21.8 Å². The van der Waals surface area contributed by atoms with E-state index in [0.29, 0.717) is 0 Å². The van der Waals surface area contributed by atoms with Crippen LogP contribution in [0.4, 0.5) is 0 Å². The Kier molecular flexibility index (Phi) is 3.16. The Balaban J connectivity index is 1.94.